The molecule has 9 heteroatoms. The second-order valence-electron chi connectivity index (χ2n) is 8.49. The summed E-state index contributed by atoms with van der Waals surface area (Å²) in [6.45, 7) is 5.95. The summed E-state index contributed by atoms with van der Waals surface area (Å²) in [7, 11) is 3.24. The van der Waals surface area contributed by atoms with Crippen molar-refractivity contribution < 1.29 is 14.3 Å². The van der Waals surface area contributed by atoms with Gasteiger partial charge >= 0.3 is 0 Å². The maximum atomic E-state index is 13.0. The number of hydrazone groups is 1. The summed E-state index contributed by atoms with van der Waals surface area (Å²) in [4.78, 5) is 17.2. The van der Waals surface area contributed by atoms with Crippen molar-refractivity contribution in [1.82, 2.24) is 9.58 Å². The number of ether oxygens (including phenoxy) is 2. The lowest BCUT2D eigenvalue weighted by Crippen LogP contribution is -2.35. The zero-order valence-corrected chi connectivity index (χ0v) is 21.4. The number of carbonyl (C=O) groups is 1. The monoisotopic (exact) mass is 499 g/mol. The Morgan fingerprint density at radius 2 is 1.83 bits per heavy atom. The van der Waals surface area contributed by atoms with Crippen molar-refractivity contribution in [3.63, 3.8) is 0 Å². The van der Waals surface area contributed by atoms with Crippen LogP contribution in [0.3, 0.4) is 0 Å². The molecule has 1 N–H and O–H groups in total. The number of thioether (sulfide) groups is 1. The molecule has 0 bridgehead atoms. The third kappa shape index (κ3) is 4.01. The van der Waals surface area contributed by atoms with Gasteiger partial charge in [0.25, 0.3) is 5.91 Å². The summed E-state index contributed by atoms with van der Waals surface area (Å²) in [6.07, 6.45) is 1.71. The Balaban J connectivity index is 1.53. The number of benzene rings is 2. The Morgan fingerprint density at radius 3 is 2.56 bits per heavy atom. The Morgan fingerprint density at radius 1 is 1.03 bits per heavy atom. The topological polar surface area (TPSA) is 92.3 Å². The molecular formula is C27H25N5O3S. The standard InChI is InChI=1S/C27H25N5O3S/c1-15-7-6-8-18(11-15)26-30-32-24(28)21(25(33)29-27(32)36-26)13-19-12-16(2)31(17(19)3)22-14-20(34-4)9-10-23(22)35-5/h6-14,28H,1-5H3/b21-13-,28-24?. The summed E-state index contributed by atoms with van der Waals surface area (Å²) in [5, 5.41) is 15.9. The number of methoxy groups -OCH3 is 2. The Hall–Kier alpha value is -4.11. The van der Waals surface area contributed by atoms with Crippen LogP contribution in [0.25, 0.3) is 11.8 Å². The van der Waals surface area contributed by atoms with Crippen LogP contribution in [0.4, 0.5) is 0 Å². The molecule has 0 radical (unpaired) electrons. The average Bonchev–Trinajstić information content (AvgIpc) is 3.41. The molecule has 8 nitrogen and oxygen atoms in total. The fraction of sp³-hybridized carbons (Fsp3) is 0.185. The number of aliphatic imine (C=N–C) groups is 1. The Kier molecular flexibility index (Phi) is 6.01. The first-order chi connectivity index (χ1) is 17.3. The highest BCUT2D eigenvalue weighted by Crippen LogP contribution is 2.34. The van der Waals surface area contributed by atoms with Crippen molar-refractivity contribution >= 4 is 39.8 Å². The minimum atomic E-state index is -0.455. The minimum Gasteiger partial charge on any atom is -0.497 e. The van der Waals surface area contributed by atoms with Crippen LogP contribution in [-0.4, -0.2) is 45.7 Å². The molecule has 182 valence electrons. The van der Waals surface area contributed by atoms with Crippen LogP contribution >= 0.6 is 11.8 Å². The van der Waals surface area contributed by atoms with Gasteiger partial charge in [0.15, 0.2) is 5.84 Å². The van der Waals surface area contributed by atoms with Gasteiger partial charge < -0.3 is 14.0 Å². The number of rotatable bonds is 5. The summed E-state index contributed by atoms with van der Waals surface area (Å²) < 4.78 is 13.0. The second-order valence-corrected chi connectivity index (χ2v) is 9.45. The number of hydrogen-bond acceptors (Lipinski definition) is 6. The first-order valence-corrected chi connectivity index (χ1v) is 12.1. The number of nitrogens with one attached hydrogen (secondary N) is 1. The zero-order valence-electron chi connectivity index (χ0n) is 20.6. The molecule has 5 rings (SSSR count). The lowest BCUT2D eigenvalue weighted by molar-refractivity contribution is -0.114. The molecule has 0 saturated heterocycles. The molecule has 0 spiro atoms. The van der Waals surface area contributed by atoms with Crippen LogP contribution in [0.15, 0.2) is 64.2 Å². The van der Waals surface area contributed by atoms with Crippen LogP contribution in [0.5, 0.6) is 11.5 Å². The van der Waals surface area contributed by atoms with Crippen LogP contribution in [0.1, 0.15) is 28.1 Å². The van der Waals surface area contributed by atoms with Crippen LogP contribution in [-0.2, 0) is 4.79 Å². The molecule has 2 aliphatic heterocycles. The average molecular weight is 500 g/mol. The third-order valence-electron chi connectivity index (χ3n) is 6.12. The van der Waals surface area contributed by atoms with E-state index in [2.05, 4.69) is 10.1 Å². The molecule has 0 aliphatic carbocycles. The molecule has 2 aromatic carbocycles. The number of aryl methyl sites for hydroxylation is 2. The van der Waals surface area contributed by atoms with E-state index in [1.54, 1.807) is 20.3 Å². The van der Waals surface area contributed by atoms with Crippen molar-refractivity contribution in [2.45, 2.75) is 20.8 Å². The normalized spacial score (nSPS) is 16.2. The number of aromatic nitrogens is 1. The molecule has 1 aromatic heterocycles. The van der Waals surface area contributed by atoms with Crippen LogP contribution < -0.4 is 9.47 Å². The second kappa shape index (κ2) is 9.16. The SMILES string of the molecule is COc1ccc(OC)c(-n2c(C)cc(/C=C3/C(=N)N4N=C(c5cccc(C)c5)SC4=NC3=O)c2C)c1. The number of amides is 1. The number of hydrogen-bond donors (Lipinski definition) is 1. The van der Waals surface area contributed by atoms with Crippen LogP contribution in [0.2, 0.25) is 0 Å². The largest absolute Gasteiger partial charge is 0.497 e. The number of amidine groups is 2. The highest BCUT2D eigenvalue weighted by atomic mass is 32.2. The van der Waals surface area contributed by atoms with Gasteiger partial charge in [-0.05, 0) is 68.4 Å². The molecule has 36 heavy (non-hydrogen) atoms. The van der Waals surface area contributed by atoms with Crippen molar-refractivity contribution in [3.05, 3.63) is 82.2 Å². The van der Waals surface area contributed by atoms with Gasteiger partial charge in [-0.15, -0.1) is 0 Å². The Labute approximate surface area is 213 Å². The van der Waals surface area contributed by atoms with E-state index in [1.165, 1.54) is 16.8 Å². The predicted molar refractivity (Wildman–Crippen MR) is 144 cm³/mol. The van der Waals surface area contributed by atoms with Crippen LogP contribution in [0, 0.1) is 26.2 Å². The van der Waals surface area contributed by atoms with E-state index in [0.717, 1.165) is 33.8 Å². The van der Waals surface area contributed by atoms with E-state index in [-0.39, 0.29) is 11.4 Å². The molecule has 3 aromatic rings. The van der Waals surface area contributed by atoms with E-state index in [4.69, 9.17) is 14.9 Å². The van der Waals surface area contributed by atoms with Crippen molar-refractivity contribution in [3.8, 4) is 17.2 Å². The molecule has 0 saturated carbocycles. The fourth-order valence-corrected chi connectivity index (χ4v) is 5.21. The molecular weight excluding hydrogens is 474 g/mol. The van der Waals surface area contributed by atoms with Gasteiger partial charge in [0.2, 0.25) is 5.17 Å². The van der Waals surface area contributed by atoms with Crippen molar-refractivity contribution in [2.24, 2.45) is 10.1 Å². The maximum absolute atomic E-state index is 13.0. The zero-order chi connectivity index (χ0) is 25.6. The molecule has 2 aliphatic rings. The van der Waals surface area contributed by atoms with Gasteiger partial charge in [-0.3, -0.25) is 10.2 Å². The van der Waals surface area contributed by atoms with Gasteiger partial charge in [0, 0.05) is 23.0 Å². The highest BCUT2D eigenvalue weighted by molar-refractivity contribution is 8.27. The number of carbonyl (C=O) groups excluding carboxylic acids is 1. The molecule has 0 unspecified atom stereocenters. The summed E-state index contributed by atoms with van der Waals surface area (Å²) in [6, 6.07) is 15.5. The van der Waals surface area contributed by atoms with Gasteiger partial charge in [-0.25, -0.2) is 0 Å². The third-order valence-corrected chi connectivity index (χ3v) is 7.07. The van der Waals surface area contributed by atoms with Crippen molar-refractivity contribution in [2.75, 3.05) is 14.2 Å². The highest BCUT2D eigenvalue weighted by Gasteiger charge is 2.36. The Bertz CT molecular complexity index is 1520. The van der Waals surface area contributed by atoms with Gasteiger partial charge in [-0.2, -0.15) is 15.1 Å². The van der Waals surface area contributed by atoms with Gasteiger partial charge in [0.05, 0.1) is 25.5 Å². The van der Waals surface area contributed by atoms with E-state index in [1.807, 2.05) is 73.9 Å². The molecule has 3 heterocycles. The smallest absolute Gasteiger partial charge is 0.283 e. The summed E-state index contributed by atoms with van der Waals surface area (Å²) >= 11 is 1.29. The lowest BCUT2D eigenvalue weighted by Gasteiger charge is -2.20. The maximum Gasteiger partial charge on any atom is 0.283 e. The van der Waals surface area contributed by atoms with E-state index < -0.39 is 5.91 Å². The van der Waals surface area contributed by atoms with E-state index in [0.29, 0.717) is 21.7 Å². The number of fused-ring (bicyclic) bond motifs is 1. The summed E-state index contributed by atoms with van der Waals surface area (Å²) in [5.41, 5.74) is 5.69. The molecule has 1 amide bonds. The first-order valence-electron chi connectivity index (χ1n) is 11.3. The molecule has 0 fully saturated rings. The molecule has 0 atom stereocenters. The van der Waals surface area contributed by atoms with E-state index >= 15 is 0 Å². The summed E-state index contributed by atoms with van der Waals surface area (Å²) in [5.74, 6) is 0.949. The quantitative estimate of drug-likeness (QED) is 0.494. The van der Waals surface area contributed by atoms with E-state index in [9.17, 15) is 4.79 Å². The van der Waals surface area contributed by atoms with Gasteiger partial charge in [-0.1, -0.05) is 23.8 Å². The van der Waals surface area contributed by atoms with Crippen molar-refractivity contribution in [1.29, 1.82) is 5.41 Å². The fourth-order valence-electron chi connectivity index (χ4n) is 4.32. The lowest BCUT2D eigenvalue weighted by atomic mass is 10.1. The van der Waals surface area contributed by atoms with Gasteiger partial charge in [0.1, 0.15) is 16.5 Å². The first kappa shape index (κ1) is 23.6. The minimum absolute atomic E-state index is 0.00363. The predicted octanol–water partition coefficient (Wildman–Crippen LogP) is 5.09. The number of nitrogens with zero attached hydrogens (tertiary/aromatic N) is 4.